The highest BCUT2D eigenvalue weighted by Gasteiger charge is 2.31. The summed E-state index contributed by atoms with van der Waals surface area (Å²) in [4.78, 5) is 4.26. The molecule has 17 heavy (non-hydrogen) atoms. The molecule has 94 valence electrons. The average molecular weight is 300 g/mol. The van der Waals surface area contributed by atoms with Gasteiger partial charge < -0.3 is 9.47 Å². The van der Waals surface area contributed by atoms with E-state index in [1.807, 2.05) is 12.1 Å². The predicted molar refractivity (Wildman–Crippen MR) is 70.5 cm³/mol. The Balaban J connectivity index is 1.82. The van der Waals surface area contributed by atoms with Crippen molar-refractivity contribution in [2.24, 2.45) is 0 Å². The van der Waals surface area contributed by atoms with Gasteiger partial charge in [0.1, 0.15) is 12.4 Å². The summed E-state index contributed by atoms with van der Waals surface area (Å²) in [5, 5.41) is 0.771. The molecule has 2 heterocycles. The molecule has 1 unspecified atom stereocenters. The van der Waals surface area contributed by atoms with E-state index in [1.165, 1.54) is 0 Å². The Morgan fingerprint density at radius 1 is 1.53 bits per heavy atom. The van der Waals surface area contributed by atoms with Crippen LogP contribution in [0, 0.1) is 0 Å². The Hall–Kier alpha value is -0.610. The quantitative estimate of drug-likeness (QED) is 0.799. The summed E-state index contributed by atoms with van der Waals surface area (Å²) in [5.41, 5.74) is 1.02. The minimum atomic E-state index is 0.00605. The summed E-state index contributed by atoms with van der Waals surface area (Å²) in [5.74, 6) is 0.808. The molecule has 0 radical (unpaired) electrons. The zero-order chi connectivity index (χ0) is 12.3. The molecule has 0 spiro atoms. The minimum absolute atomic E-state index is 0.00605. The first-order valence-electron chi connectivity index (χ1n) is 5.90. The minimum Gasteiger partial charge on any atom is -0.489 e. The Labute approximate surface area is 111 Å². The third kappa shape index (κ3) is 3.68. The van der Waals surface area contributed by atoms with Gasteiger partial charge in [-0.2, -0.15) is 0 Å². The lowest BCUT2D eigenvalue weighted by atomic mass is 10.1. The van der Waals surface area contributed by atoms with Crippen LogP contribution in [0.4, 0.5) is 0 Å². The van der Waals surface area contributed by atoms with Crippen molar-refractivity contribution >= 4 is 15.9 Å². The van der Waals surface area contributed by atoms with Gasteiger partial charge in [0.25, 0.3) is 0 Å². The van der Waals surface area contributed by atoms with Gasteiger partial charge in [0, 0.05) is 5.33 Å². The number of nitrogens with zero attached hydrogens (tertiary/aromatic N) is 1. The van der Waals surface area contributed by atoms with Gasteiger partial charge in [-0.25, -0.2) is 0 Å². The maximum absolute atomic E-state index is 5.86. The van der Waals surface area contributed by atoms with Crippen molar-refractivity contribution in [1.82, 2.24) is 4.98 Å². The summed E-state index contributed by atoms with van der Waals surface area (Å²) in [6, 6.07) is 3.91. The molecule has 0 amide bonds. The number of rotatable bonds is 4. The van der Waals surface area contributed by atoms with Crippen LogP contribution in [-0.4, -0.2) is 23.3 Å². The molecule has 2 rings (SSSR count). The Bertz CT molecular complexity index is 364. The number of pyridine rings is 1. The second-order valence-electron chi connectivity index (χ2n) is 4.97. The number of hydrogen-bond donors (Lipinski definition) is 0. The van der Waals surface area contributed by atoms with Crippen molar-refractivity contribution in [2.75, 3.05) is 6.61 Å². The van der Waals surface area contributed by atoms with Crippen LogP contribution >= 0.6 is 15.9 Å². The fourth-order valence-corrected chi connectivity index (χ4v) is 2.29. The van der Waals surface area contributed by atoms with Crippen molar-refractivity contribution in [3.05, 3.63) is 24.0 Å². The summed E-state index contributed by atoms with van der Waals surface area (Å²) >= 11 is 3.36. The van der Waals surface area contributed by atoms with E-state index >= 15 is 0 Å². The maximum atomic E-state index is 5.86. The summed E-state index contributed by atoms with van der Waals surface area (Å²) in [7, 11) is 0. The van der Waals surface area contributed by atoms with Crippen LogP contribution in [0.3, 0.4) is 0 Å². The molecule has 0 saturated carbocycles. The first-order chi connectivity index (χ1) is 8.09. The molecule has 0 aliphatic carbocycles. The number of alkyl halides is 1. The fraction of sp³-hybridized carbons (Fsp3) is 0.615. The summed E-state index contributed by atoms with van der Waals surface area (Å²) < 4.78 is 11.5. The van der Waals surface area contributed by atoms with Crippen molar-refractivity contribution in [3.8, 4) is 5.75 Å². The van der Waals surface area contributed by atoms with Crippen LogP contribution in [0.2, 0.25) is 0 Å². The second-order valence-corrected chi connectivity index (χ2v) is 5.53. The van der Waals surface area contributed by atoms with Crippen LogP contribution in [0.5, 0.6) is 5.75 Å². The highest BCUT2D eigenvalue weighted by Crippen LogP contribution is 2.29. The molecule has 0 bridgehead atoms. The van der Waals surface area contributed by atoms with E-state index in [4.69, 9.17) is 9.47 Å². The molecule has 3 nitrogen and oxygen atoms in total. The molecule has 1 saturated heterocycles. The lowest BCUT2D eigenvalue weighted by Gasteiger charge is -2.19. The normalized spacial score (nSPS) is 22.6. The van der Waals surface area contributed by atoms with E-state index in [2.05, 4.69) is 34.8 Å². The van der Waals surface area contributed by atoms with E-state index in [1.54, 1.807) is 6.20 Å². The summed E-state index contributed by atoms with van der Waals surface area (Å²) in [6.07, 6.45) is 4.14. The molecular weight excluding hydrogens is 282 g/mol. The molecule has 4 heteroatoms. The van der Waals surface area contributed by atoms with Crippen molar-refractivity contribution in [3.63, 3.8) is 0 Å². The van der Waals surface area contributed by atoms with Gasteiger partial charge in [-0.1, -0.05) is 15.9 Å². The molecule has 1 fully saturated rings. The topological polar surface area (TPSA) is 31.4 Å². The van der Waals surface area contributed by atoms with E-state index < -0.39 is 0 Å². The Morgan fingerprint density at radius 2 is 2.35 bits per heavy atom. The van der Waals surface area contributed by atoms with Crippen molar-refractivity contribution in [2.45, 2.75) is 43.7 Å². The van der Waals surface area contributed by atoms with Gasteiger partial charge in [-0.15, -0.1) is 0 Å². The molecule has 1 aliphatic heterocycles. The van der Waals surface area contributed by atoms with E-state index in [0.717, 1.165) is 29.6 Å². The molecule has 0 aromatic carbocycles. The standard InChI is InChI=1S/C13H18BrNO2/c1-13(2)6-5-12(17-13)9-16-11-4-3-10(7-14)15-8-11/h3-4,8,12H,5-7,9H2,1-2H3. The van der Waals surface area contributed by atoms with Gasteiger partial charge in [0.15, 0.2) is 0 Å². The van der Waals surface area contributed by atoms with Crippen molar-refractivity contribution in [1.29, 1.82) is 0 Å². The van der Waals surface area contributed by atoms with Crippen LogP contribution < -0.4 is 4.74 Å². The zero-order valence-corrected chi connectivity index (χ0v) is 11.9. The first-order valence-corrected chi connectivity index (χ1v) is 7.03. The van der Waals surface area contributed by atoms with Gasteiger partial charge >= 0.3 is 0 Å². The monoisotopic (exact) mass is 299 g/mol. The average Bonchev–Trinajstić information content (AvgIpc) is 2.67. The van der Waals surface area contributed by atoms with Crippen molar-refractivity contribution < 1.29 is 9.47 Å². The largest absolute Gasteiger partial charge is 0.489 e. The predicted octanol–water partition coefficient (Wildman–Crippen LogP) is 3.31. The van der Waals surface area contributed by atoms with Crippen LogP contribution in [-0.2, 0) is 10.1 Å². The summed E-state index contributed by atoms with van der Waals surface area (Å²) in [6.45, 7) is 4.86. The van der Waals surface area contributed by atoms with E-state index in [9.17, 15) is 0 Å². The van der Waals surface area contributed by atoms with E-state index in [0.29, 0.717) is 6.61 Å². The highest BCUT2D eigenvalue weighted by atomic mass is 79.9. The molecule has 1 aromatic heterocycles. The van der Waals surface area contributed by atoms with Crippen LogP contribution in [0.15, 0.2) is 18.3 Å². The highest BCUT2D eigenvalue weighted by molar-refractivity contribution is 9.08. The number of hydrogen-bond acceptors (Lipinski definition) is 3. The lowest BCUT2D eigenvalue weighted by Crippen LogP contribution is -2.23. The zero-order valence-electron chi connectivity index (χ0n) is 10.3. The molecule has 1 atom stereocenters. The Kier molecular flexibility index (Phi) is 4.05. The second kappa shape index (κ2) is 5.36. The number of ether oxygens (including phenoxy) is 2. The third-order valence-electron chi connectivity index (χ3n) is 2.92. The van der Waals surface area contributed by atoms with Gasteiger partial charge in [0.05, 0.1) is 23.6 Å². The first kappa shape index (κ1) is 12.8. The number of halogens is 1. The molecular formula is C13H18BrNO2. The van der Waals surface area contributed by atoms with Gasteiger partial charge in [-0.3, -0.25) is 4.98 Å². The Morgan fingerprint density at radius 3 is 2.88 bits per heavy atom. The fourth-order valence-electron chi connectivity index (χ4n) is 1.96. The molecule has 1 aliphatic rings. The van der Waals surface area contributed by atoms with Gasteiger partial charge in [0.2, 0.25) is 0 Å². The smallest absolute Gasteiger partial charge is 0.137 e. The maximum Gasteiger partial charge on any atom is 0.137 e. The van der Waals surface area contributed by atoms with E-state index in [-0.39, 0.29) is 11.7 Å². The van der Waals surface area contributed by atoms with Gasteiger partial charge in [-0.05, 0) is 38.8 Å². The molecule has 1 aromatic rings. The van der Waals surface area contributed by atoms with Crippen LogP contribution in [0.25, 0.3) is 0 Å². The van der Waals surface area contributed by atoms with Crippen LogP contribution in [0.1, 0.15) is 32.4 Å². The lowest BCUT2D eigenvalue weighted by molar-refractivity contribution is -0.0326. The SMILES string of the molecule is CC1(C)CCC(COc2ccc(CBr)nc2)O1. The number of aromatic nitrogens is 1. The molecule has 0 N–H and O–H groups in total. The third-order valence-corrected chi connectivity index (χ3v) is 3.50.